The van der Waals surface area contributed by atoms with Gasteiger partial charge in [0, 0.05) is 42.7 Å². The van der Waals surface area contributed by atoms with E-state index in [2.05, 4.69) is 31.9 Å². The number of Topliss-reactive ketones (excluding diaryl/α,β-unsaturated/α-hetero) is 2. The van der Waals surface area contributed by atoms with Crippen LogP contribution in [0.15, 0.2) is 43.7 Å². The van der Waals surface area contributed by atoms with E-state index in [0.717, 1.165) is 18.4 Å². The van der Waals surface area contributed by atoms with Crippen LogP contribution in [0, 0.1) is 0 Å². The van der Waals surface area contributed by atoms with E-state index in [9.17, 15) is 14.4 Å². The molecule has 0 bridgehead atoms. The minimum atomic E-state index is -0.581. The van der Waals surface area contributed by atoms with Gasteiger partial charge in [-0.15, -0.1) is 0 Å². The van der Waals surface area contributed by atoms with Crippen LogP contribution >= 0.6 is 31.9 Å². The highest BCUT2D eigenvalue weighted by molar-refractivity contribution is 9.11. The van der Waals surface area contributed by atoms with Gasteiger partial charge in [0.05, 0.1) is 8.95 Å². The van der Waals surface area contributed by atoms with Crippen LogP contribution in [0.4, 0.5) is 0 Å². The van der Waals surface area contributed by atoms with Crippen molar-refractivity contribution in [3.63, 3.8) is 0 Å². The summed E-state index contributed by atoms with van der Waals surface area (Å²) in [6.07, 6.45) is 3.83. The van der Waals surface area contributed by atoms with E-state index >= 15 is 0 Å². The molecule has 0 fully saturated rings. The molecule has 0 atom stereocenters. The van der Waals surface area contributed by atoms with Crippen LogP contribution in [0.3, 0.4) is 0 Å². The van der Waals surface area contributed by atoms with Crippen molar-refractivity contribution in [1.29, 1.82) is 0 Å². The Labute approximate surface area is 184 Å². The summed E-state index contributed by atoms with van der Waals surface area (Å²) in [7, 11) is 0. The zero-order valence-electron chi connectivity index (χ0n) is 15.6. The van der Waals surface area contributed by atoms with Gasteiger partial charge in [-0.3, -0.25) is 14.4 Å². The summed E-state index contributed by atoms with van der Waals surface area (Å²) >= 11 is 6.96. The Morgan fingerprint density at radius 1 is 1.00 bits per heavy atom. The molecule has 1 aromatic carbocycles. The average Bonchev–Trinajstić information content (AvgIpc) is 2.66. The van der Waals surface area contributed by atoms with Gasteiger partial charge in [0.25, 0.3) is 5.91 Å². The molecule has 0 aromatic heterocycles. The number of hydrogen-bond acceptors (Lipinski definition) is 5. The molecular formula is C21H19Br2NO5. The van der Waals surface area contributed by atoms with Crippen LogP contribution in [0.1, 0.15) is 50.0 Å². The zero-order valence-corrected chi connectivity index (χ0v) is 18.7. The highest BCUT2D eigenvalue weighted by Gasteiger charge is 2.42. The van der Waals surface area contributed by atoms with Crippen molar-refractivity contribution in [1.82, 2.24) is 0 Å². The van der Waals surface area contributed by atoms with Gasteiger partial charge in [-0.1, -0.05) is 0 Å². The second kappa shape index (κ2) is 8.07. The molecule has 0 unspecified atom stereocenters. The lowest BCUT2D eigenvalue weighted by atomic mass is 9.73. The molecule has 29 heavy (non-hydrogen) atoms. The molecule has 8 heteroatoms. The second-order valence-electron chi connectivity index (χ2n) is 7.33. The Kier molecular flexibility index (Phi) is 5.66. The highest BCUT2D eigenvalue weighted by Crippen LogP contribution is 2.49. The largest absolute Gasteiger partial charge is 0.481 e. The van der Waals surface area contributed by atoms with Crippen molar-refractivity contribution in [2.75, 3.05) is 6.61 Å². The molecule has 1 heterocycles. The van der Waals surface area contributed by atoms with E-state index in [1.165, 1.54) is 0 Å². The van der Waals surface area contributed by atoms with Gasteiger partial charge in [0.1, 0.15) is 17.3 Å². The SMILES string of the molecule is NC(=O)COc1c(Br)cc(C2C3=C(CCCC3=O)OC3=C2C(=O)CCC3)cc1Br. The highest BCUT2D eigenvalue weighted by atomic mass is 79.9. The number of nitrogens with two attached hydrogens (primary N) is 1. The first kappa shape index (κ1) is 20.3. The fourth-order valence-electron chi connectivity index (χ4n) is 4.18. The lowest BCUT2D eigenvalue weighted by Crippen LogP contribution is -2.30. The Bertz CT molecular complexity index is 930. The van der Waals surface area contributed by atoms with E-state index < -0.39 is 11.8 Å². The van der Waals surface area contributed by atoms with Crippen molar-refractivity contribution in [2.24, 2.45) is 5.73 Å². The quantitative estimate of drug-likeness (QED) is 0.636. The van der Waals surface area contributed by atoms with E-state index in [0.29, 0.717) is 63.0 Å². The monoisotopic (exact) mass is 523 g/mol. The lowest BCUT2D eigenvalue weighted by Gasteiger charge is -2.36. The predicted octanol–water partition coefficient (Wildman–Crippen LogP) is 4.20. The number of ether oxygens (including phenoxy) is 2. The number of primary amides is 1. The van der Waals surface area contributed by atoms with Gasteiger partial charge in [-0.05, 0) is 62.4 Å². The summed E-state index contributed by atoms with van der Waals surface area (Å²) in [5.74, 6) is 0.856. The normalized spacial score (nSPS) is 19.7. The predicted molar refractivity (Wildman–Crippen MR) is 112 cm³/mol. The second-order valence-corrected chi connectivity index (χ2v) is 9.04. The summed E-state index contributed by atoms with van der Waals surface area (Å²) in [6, 6.07) is 3.66. The fraction of sp³-hybridized carbons (Fsp3) is 0.381. The Morgan fingerprint density at radius 2 is 1.52 bits per heavy atom. The van der Waals surface area contributed by atoms with Gasteiger partial charge in [0.15, 0.2) is 18.2 Å². The number of benzene rings is 1. The van der Waals surface area contributed by atoms with Gasteiger partial charge in [-0.2, -0.15) is 0 Å². The number of hydrogen-bond donors (Lipinski definition) is 1. The third kappa shape index (κ3) is 3.80. The smallest absolute Gasteiger partial charge is 0.255 e. The van der Waals surface area contributed by atoms with Crippen LogP contribution < -0.4 is 10.5 Å². The molecule has 0 spiro atoms. The Hall–Kier alpha value is -1.93. The molecule has 1 aliphatic heterocycles. The molecule has 152 valence electrons. The van der Waals surface area contributed by atoms with E-state index in [1.54, 1.807) is 0 Å². The number of carbonyl (C=O) groups is 3. The number of allylic oxidation sites excluding steroid dienone is 4. The molecule has 4 rings (SSSR count). The molecule has 3 aliphatic rings. The maximum absolute atomic E-state index is 12.8. The number of carbonyl (C=O) groups excluding carboxylic acids is 3. The minimum absolute atomic E-state index is 0.0301. The summed E-state index contributed by atoms with van der Waals surface area (Å²) in [4.78, 5) is 36.7. The minimum Gasteiger partial charge on any atom is -0.481 e. The van der Waals surface area contributed by atoms with E-state index in [1.807, 2.05) is 12.1 Å². The summed E-state index contributed by atoms with van der Waals surface area (Å²) < 4.78 is 12.7. The first-order valence-electron chi connectivity index (χ1n) is 9.47. The maximum Gasteiger partial charge on any atom is 0.255 e. The van der Waals surface area contributed by atoms with Crippen molar-refractivity contribution < 1.29 is 23.9 Å². The van der Waals surface area contributed by atoms with E-state index in [4.69, 9.17) is 15.2 Å². The van der Waals surface area contributed by atoms with E-state index in [-0.39, 0.29) is 18.2 Å². The molecular weight excluding hydrogens is 506 g/mol. The van der Waals surface area contributed by atoms with Crippen molar-refractivity contribution in [3.8, 4) is 5.75 Å². The first-order valence-corrected chi connectivity index (χ1v) is 11.1. The topological polar surface area (TPSA) is 95.7 Å². The van der Waals surface area contributed by atoms with Gasteiger partial charge < -0.3 is 15.2 Å². The third-order valence-electron chi connectivity index (χ3n) is 5.35. The maximum atomic E-state index is 12.8. The molecule has 6 nitrogen and oxygen atoms in total. The molecule has 0 saturated heterocycles. The van der Waals surface area contributed by atoms with Crippen LogP contribution in [0.2, 0.25) is 0 Å². The summed E-state index contributed by atoms with van der Waals surface area (Å²) in [6.45, 7) is -0.255. The summed E-state index contributed by atoms with van der Waals surface area (Å²) in [5, 5.41) is 0. The average molecular weight is 525 g/mol. The molecule has 1 amide bonds. The molecule has 2 N–H and O–H groups in total. The molecule has 0 saturated carbocycles. The number of amides is 1. The first-order chi connectivity index (χ1) is 13.9. The standard InChI is InChI=1S/C21H19Br2NO5/c22-11-7-10(8-12(23)21(11)28-9-17(24)27)18-19-13(25)3-1-5-15(19)29-16-6-2-4-14(26)20(16)18/h7-8,18H,1-6,9H2,(H2,24,27). The lowest BCUT2D eigenvalue weighted by molar-refractivity contribution is -0.120. The van der Waals surface area contributed by atoms with Crippen molar-refractivity contribution in [2.45, 2.75) is 44.4 Å². The zero-order chi connectivity index (χ0) is 20.7. The van der Waals surface area contributed by atoms with Crippen LogP contribution in [0.25, 0.3) is 0 Å². The number of halogens is 2. The van der Waals surface area contributed by atoms with Crippen LogP contribution in [0.5, 0.6) is 5.75 Å². The Balaban J connectivity index is 1.83. The van der Waals surface area contributed by atoms with Gasteiger partial charge in [-0.25, -0.2) is 0 Å². The van der Waals surface area contributed by atoms with Gasteiger partial charge in [0.2, 0.25) is 0 Å². The summed E-state index contributed by atoms with van der Waals surface area (Å²) in [5.41, 5.74) is 7.15. The molecule has 2 aliphatic carbocycles. The van der Waals surface area contributed by atoms with Crippen LogP contribution in [-0.2, 0) is 19.1 Å². The molecule has 1 aromatic rings. The van der Waals surface area contributed by atoms with Crippen molar-refractivity contribution >= 4 is 49.3 Å². The number of rotatable bonds is 4. The Morgan fingerprint density at radius 3 is 2.00 bits per heavy atom. The third-order valence-corrected chi connectivity index (χ3v) is 6.53. The number of ketones is 2. The van der Waals surface area contributed by atoms with Gasteiger partial charge >= 0.3 is 0 Å². The fourth-order valence-corrected chi connectivity index (χ4v) is 5.63. The van der Waals surface area contributed by atoms with Crippen LogP contribution in [-0.4, -0.2) is 24.1 Å². The molecule has 0 radical (unpaired) electrons. The van der Waals surface area contributed by atoms with Crippen molar-refractivity contribution in [3.05, 3.63) is 49.3 Å².